The van der Waals surface area contributed by atoms with E-state index in [4.69, 9.17) is 0 Å². The molecule has 5 nitrogen and oxygen atoms in total. The van der Waals surface area contributed by atoms with Crippen LogP contribution in [0, 0.1) is 5.41 Å². The SMILES string of the molecule is CN(C)S(=O)(=O)c1ccc(CNC(=O)C(C)(C)C)s1. The summed E-state index contributed by atoms with van der Waals surface area (Å²) in [5, 5.41) is 2.80. The third-order valence-corrected chi connectivity index (χ3v) is 5.84. The van der Waals surface area contributed by atoms with Crippen LogP contribution in [-0.4, -0.2) is 32.7 Å². The number of thiophene rings is 1. The Hall–Kier alpha value is -0.920. The van der Waals surface area contributed by atoms with Gasteiger partial charge in [-0.25, -0.2) is 12.7 Å². The largest absolute Gasteiger partial charge is 0.351 e. The first-order valence-electron chi connectivity index (χ1n) is 5.84. The molecule has 0 radical (unpaired) electrons. The van der Waals surface area contributed by atoms with Crippen molar-refractivity contribution >= 4 is 27.3 Å². The molecule has 1 rings (SSSR count). The van der Waals surface area contributed by atoms with E-state index in [9.17, 15) is 13.2 Å². The van der Waals surface area contributed by atoms with Gasteiger partial charge in [-0.15, -0.1) is 11.3 Å². The van der Waals surface area contributed by atoms with E-state index in [1.807, 2.05) is 20.8 Å². The van der Waals surface area contributed by atoms with Crippen molar-refractivity contribution in [2.24, 2.45) is 5.41 Å². The monoisotopic (exact) mass is 304 g/mol. The van der Waals surface area contributed by atoms with Gasteiger partial charge in [0.1, 0.15) is 4.21 Å². The lowest BCUT2D eigenvalue weighted by Gasteiger charge is -2.17. The highest BCUT2D eigenvalue weighted by Gasteiger charge is 2.22. The number of amides is 1. The van der Waals surface area contributed by atoms with E-state index in [0.717, 1.165) is 4.88 Å². The second kappa shape index (κ2) is 5.60. The standard InChI is InChI=1S/C12H20N2O3S2/c1-12(2,3)11(15)13-8-9-6-7-10(18-9)19(16,17)14(4)5/h6-7H,8H2,1-5H3,(H,13,15). The van der Waals surface area contributed by atoms with E-state index >= 15 is 0 Å². The van der Waals surface area contributed by atoms with Crippen LogP contribution in [0.4, 0.5) is 0 Å². The molecule has 0 aromatic carbocycles. The maximum absolute atomic E-state index is 11.9. The van der Waals surface area contributed by atoms with Gasteiger partial charge < -0.3 is 5.32 Å². The molecule has 19 heavy (non-hydrogen) atoms. The predicted molar refractivity (Wildman–Crippen MR) is 76.5 cm³/mol. The van der Waals surface area contributed by atoms with Gasteiger partial charge in [0.25, 0.3) is 10.0 Å². The van der Waals surface area contributed by atoms with Gasteiger partial charge in [0, 0.05) is 24.4 Å². The predicted octanol–water partition coefficient (Wildman–Crippen LogP) is 1.66. The maximum Gasteiger partial charge on any atom is 0.252 e. The lowest BCUT2D eigenvalue weighted by molar-refractivity contribution is -0.128. The van der Waals surface area contributed by atoms with E-state index in [0.29, 0.717) is 6.54 Å². The summed E-state index contributed by atoms with van der Waals surface area (Å²) in [4.78, 5) is 12.5. The molecule has 1 N–H and O–H groups in total. The van der Waals surface area contributed by atoms with Crippen LogP contribution in [0.5, 0.6) is 0 Å². The van der Waals surface area contributed by atoms with Crippen molar-refractivity contribution in [3.8, 4) is 0 Å². The van der Waals surface area contributed by atoms with E-state index in [1.54, 1.807) is 12.1 Å². The summed E-state index contributed by atoms with van der Waals surface area (Å²) in [7, 11) is -0.392. The number of carbonyl (C=O) groups excluding carboxylic acids is 1. The fourth-order valence-corrected chi connectivity index (χ4v) is 3.67. The van der Waals surface area contributed by atoms with E-state index < -0.39 is 15.4 Å². The molecule has 1 heterocycles. The molecule has 1 aromatic rings. The average molecular weight is 304 g/mol. The van der Waals surface area contributed by atoms with Crippen molar-refractivity contribution in [3.05, 3.63) is 17.0 Å². The van der Waals surface area contributed by atoms with Crippen LogP contribution in [0.3, 0.4) is 0 Å². The molecule has 0 aliphatic heterocycles. The Balaban J connectivity index is 2.75. The van der Waals surface area contributed by atoms with Crippen molar-refractivity contribution in [2.45, 2.75) is 31.5 Å². The third kappa shape index (κ3) is 4.02. The zero-order valence-electron chi connectivity index (χ0n) is 11.9. The van der Waals surface area contributed by atoms with Gasteiger partial charge in [-0.3, -0.25) is 4.79 Å². The van der Waals surface area contributed by atoms with Crippen molar-refractivity contribution in [1.29, 1.82) is 0 Å². The average Bonchev–Trinajstić information content (AvgIpc) is 2.73. The molecule has 0 fully saturated rings. The number of carbonyl (C=O) groups is 1. The summed E-state index contributed by atoms with van der Waals surface area (Å²) in [6.07, 6.45) is 0. The Morgan fingerprint density at radius 2 is 1.89 bits per heavy atom. The third-order valence-electron chi connectivity index (χ3n) is 2.48. The summed E-state index contributed by atoms with van der Waals surface area (Å²) in [6, 6.07) is 3.29. The van der Waals surface area contributed by atoms with Crippen LogP contribution in [0.15, 0.2) is 16.3 Å². The first-order chi connectivity index (χ1) is 8.55. The van der Waals surface area contributed by atoms with Gasteiger partial charge in [-0.2, -0.15) is 0 Å². The van der Waals surface area contributed by atoms with Gasteiger partial charge in [-0.1, -0.05) is 20.8 Å². The van der Waals surface area contributed by atoms with Crippen molar-refractivity contribution < 1.29 is 13.2 Å². The summed E-state index contributed by atoms with van der Waals surface area (Å²) in [6.45, 7) is 5.85. The van der Waals surface area contributed by atoms with E-state index in [2.05, 4.69) is 5.32 Å². The fourth-order valence-electron chi connectivity index (χ4n) is 1.20. The summed E-state index contributed by atoms with van der Waals surface area (Å²) in [5.41, 5.74) is -0.449. The molecular formula is C12H20N2O3S2. The topological polar surface area (TPSA) is 66.5 Å². The zero-order valence-corrected chi connectivity index (χ0v) is 13.5. The van der Waals surface area contributed by atoms with Gasteiger partial charge in [0.2, 0.25) is 5.91 Å². The minimum atomic E-state index is -3.38. The Labute approximate surface area is 118 Å². The summed E-state index contributed by atoms with van der Waals surface area (Å²) >= 11 is 1.18. The van der Waals surface area contributed by atoms with Crippen molar-refractivity contribution in [1.82, 2.24) is 9.62 Å². The fraction of sp³-hybridized carbons (Fsp3) is 0.583. The van der Waals surface area contributed by atoms with Crippen molar-refractivity contribution in [2.75, 3.05) is 14.1 Å². The van der Waals surface area contributed by atoms with E-state index in [-0.39, 0.29) is 10.1 Å². The van der Waals surface area contributed by atoms with Crippen LogP contribution in [0.1, 0.15) is 25.6 Å². The minimum Gasteiger partial charge on any atom is -0.351 e. The molecular weight excluding hydrogens is 284 g/mol. The first kappa shape index (κ1) is 16.1. The van der Waals surface area contributed by atoms with E-state index in [1.165, 1.54) is 29.7 Å². The van der Waals surface area contributed by atoms with Gasteiger partial charge in [-0.05, 0) is 12.1 Å². The van der Waals surface area contributed by atoms with Gasteiger partial charge in [0.05, 0.1) is 6.54 Å². The molecule has 108 valence electrons. The number of hydrogen-bond donors (Lipinski definition) is 1. The van der Waals surface area contributed by atoms with Crippen LogP contribution in [-0.2, 0) is 21.4 Å². The number of nitrogens with zero attached hydrogens (tertiary/aromatic N) is 1. The normalized spacial score (nSPS) is 12.7. The summed E-state index contributed by atoms with van der Waals surface area (Å²) in [5.74, 6) is -0.0575. The van der Waals surface area contributed by atoms with Crippen molar-refractivity contribution in [3.63, 3.8) is 0 Å². The molecule has 0 aliphatic rings. The molecule has 1 amide bonds. The Bertz CT molecular complexity index is 554. The molecule has 0 unspecified atom stereocenters. The second-order valence-corrected chi connectivity index (χ2v) is 8.99. The smallest absolute Gasteiger partial charge is 0.252 e. The number of hydrogen-bond acceptors (Lipinski definition) is 4. The highest BCUT2D eigenvalue weighted by atomic mass is 32.2. The molecule has 0 spiro atoms. The first-order valence-corrected chi connectivity index (χ1v) is 8.10. The molecule has 1 aromatic heterocycles. The van der Waals surface area contributed by atoms with Crippen LogP contribution in [0.2, 0.25) is 0 Å². The maximum atomic E-state index is 11.9. The number of nitrogens with one attached hydrogen (secondary N) is 1. The van der Waals surface area contributed by atoms with Crippen LogP contribution < -0.4 is 5.32 Å². The highest BCUT2D eigenvalue weighted by Crippen LogP contribution is 2.24. The Morgan fingerprint density at radius 3 is 2.37 bits per heavy atom. The van der Waals surface area contributed by atoms with Gasteiger partial charge >= 0.3 is 0 Å². The van der Waals surface area contributed by atoms with Crippen LogP contribution in [0.25, 0.3) is 0 Å². The number of sulfonamides is 1. The van der Waals surface area contributed by atoms with Gasteiger partial charge in [0.15, 0.2) is 0 Å². The number of rotatable bonds is 4. The Kier molecular flexibility index (Phi) is 4.76. The lowest BCUT2D eigenvalue weighted by Crippen LogP contribution is -2.34. The molecule has 0 saturated heterocycles. The lowest BCUT2D eigenvalue weighted by atomic mass is 9.96. The second-order valence-electron chi connectivity index (χ2n) is 5.44. The quantitative estimate of drug-likeness (QED) is 0.920. The Morgan fingerprint density at radius 1 is 1.32 bits per heavy atom. The molecule has 0 atom stereocenters. The molecule has 7 heteroatoms. The highest BCUT2D eigenvalue weighted by molar-refractivity contribution is 7.91. The molecule has 0 aliphatic carbocycles. The van der Waals surface area contributed by atoms with Crippen LogP contribution >= 0.6 is 11.3 Å². The zero-order chi connectivity index (χ0) is 14.8. The molecule has 0 bridgehead atoms. The summed E-state index contributed by atoms with van der Waals surface area (Å²) < 4.78 is 25.2. The minimum absolute atomic E-state index is 0.0575. The molecule has 0 saturated carbocycles.